The Kier molecular flexibility index (Phi) is 2.99. The van der Waals surface area contributed by atoms with Gasteiger partial charge in [-0.25, -0.2) is 0 Å². The standard InChI is InChI=1S/C13H18N2O/c1-3-9-4-5-13-10(6-9)11(7-15(13)2)12(14)8-16/h4-7,12,16H,3,8,14H2,1-2H3. The van der Waals surface area contributed by atoms with E-state index in [-0.39, 0.29) is 12.6 Å². The van der Waals surface area contributed by atoms with Gasteiger partial charge in [-0.2, -0.15) is 0 Å². The lowest BCUT2D eigenvalue weighted by molar-refractivity contribution is 0.268. The first-order valence-electron chi connectivity index (χ1n) is 5.61. The van der Waals surface area contributed by atoms with E-state index in [0.29, 0.717) is 0 Å². The van der Waals surface area contributed by atoms with E-state index in [4.69, 9.17) is 10.8 Å². The zero-order valence-corrected chi connectivity index (χ0v) is 9.77. The first kappa shape index (κ1) is 11.2. The van der Waals surface area contributed by atoms with Gasteiger partial charge >= 0.3 is 0 Å². The van der Waals surface area contributed by atoms with Crippen LogP contribution in [0.4, 0.5) is 0 Å². The van der Waals surface area contributed by atoms with E-state index in [1.807, 2.05) is 13.2 Å². The van der Waals surface area contributed by atoms with Crippen LogP contribution in [-0.4, -0.2) is 16.3 Å². The van der Waals surface area contributed by atoms with Crippen LogP contribution in [0.25, 0.3) is 10.9 Å². The highest BCUT2D eigenvalue weighted by molar-refractivity contribution is 5.85. The maximum absolute atomic E-state index is 9.15. The third kappa shape index (κ3) is 1.72. The third-order valence-electron chi connectivity index (χ3n) is 3.09. The van der Waals surface area contributed by atoms with E-state index >= 15 is 0 Å². The summed E-state index contributed by atoms with van der Waals surface area (Å²) < 4.78 is 2.06. The number of benzene rings is 1. The van der Waals surface area contributed by atoms with Crippen molar-refractivity contribution >= 4 is 10.9 Å². The van der Waals surface area contributed by atoms with Crippen molar-refractivity contribution in [3.05, 3.63) is 35.5 Å². The van der Waals surface area contributed by atoms with Crippen LogP contribution in [0.3, 0.4) is 0 Å². The average Bonchev–Trinajstić information content (AvgIpc) is 2.65. The minimum Gasteiger partial charge on any atom is -0.394 e. The maximum Gasteiger partial charge on any atom is 0.0625 e. The minimum atomic E-state index is -0.296. The van der Waals surface area contributed by atoms with Crippen molar-refractivity contribution in [1.82, 2.24) is 4.57 Å². The van der Waals surface area contributed by atoms with Gasteiger partial charge in [-0.15, -0.1) is 0 Å². The van der Waals surface area contributed by atoms with Crippen LogP contribution in [0, 0.1) is 0 Å². The largest absolute Gasteiger partial charge is 0.394 e. The second-order valence-electron chi connectivity index (χ2n) is 4.19. The number of nitrogens with zero attached hydrogens (tertiary/aromatic N) is 1. The highest BCUT2D eigenvalue weighted by Crippen LogP contribution is 2.26. The number of fused-ring (bicyclic) bond motifs is 1. The number of nitrogens with two attached hydrogens (primary N) is 1. The minimum absolute atomic E-state index is 0.0184. The molecule has 0 saturated carbocycles. The Hall–Kier alpha value is -1.32. The van der Waals surface area contributed by atoms with E-state index in [1.54, 1.807) is 0 Å². The molecule has 0 aliphatic rings. The topological polar surface area (TPSA) is 51.2 Å². The molecule has 3 nitrogen and oxygen atoms in total. The summed E-state index contributed by atoms with van der Waals surface area (Å²) in [6, 6.07) is 6.12. The molecular formula is C13H18N2O. The zero-order chi connectivity index (χ0) is 11.7. The first-order chi connectivity index (χ1) is 7.67. The van der Waals surface area contributed by atoms with Crippen LogP contribution in [0.5, 0.6) is 0 Å². The lowest BCUT2D eigenvalue weighted by atomic mass is 10.0. The van der Waals surface area contributed by atoms with Crippen LogP contribution in [0.1, 0.15) is 24.1 Å². The molecule has 1 aromatic carbocycles. The summed E-state index contributed by atoms with van der Waals surface area (Å²) in [4.78, 5) is 0. The van der Waals surface area contributed by atoms with Gasteiger partial charge in [0.1, 0.15) is 0 Å². The van der Waals surface area contributed by atoms with Crippen molar-refractivity contribution in [3.63, 3.8) is 0 Å². The molecule has 0 aliphatic heterocycles. The summed E-state index contributed by atoms with van der Waals surface area (Å²) in [6.07, 6.45) is 3.02. The Balaban J connectivity index is 2.65. The van der Waals surface area contributed by atoms with Gasteiger partial charge in [0.05, 0.1) is 12.6 Å². The highest BCUT2D eigenvalue weighted by atomic mass is 16.3. The number of aliphatic hydroxyl groups is 1. The summed E-state index contributed by atoms with van der Waals surface area (Å²) in [5.41, 5.74) is 9.38. The fourth-order valence-corrected chi connectivity index (χ4v) is 2.08. The maximum atomic E-state index is 9.15. The summed E-state index contributed by atoms with van der Waals surface area (Å²) >= 11 is 0. The molecular weight excluding hydrogens is 200 g/mol. The number of aromatic nitrogens is 1. The van der Waals surface area contributed by atoms with Gasteiger partial charge < -0.3 is 15.4 Å². The van der Waals surface area contributed by atoms with E-state index in [0.717, 1.165) is 22.9 Å². The van der Waals surface area contributed by atoms with Crippen molar-refractivity contribution in [2.75, 3.05) is 6.61 Å². The smallest absolute Gasteiger partial charge is 0.0625 e. The Bertz CT molecular complexity index is 502. The molecule has 86 valence electrons. The molecule has 1 aromatic heterocycles. The molecule has 3 heteroatoms. The first-order valence-corrected chi connectivity index (χ1v) is 5.61. The number of rotatable bonds is 3. The van der Waals surface area contributed by atoms with Crippen LogP contribution < -0.4 is 5.73 Å². The van der Waals surface area contributed by atoms with Gasteiger partial charge in [-0.3, -0.25) is 0 Å². The number of aliphatic hydroxyl groups excluding tert-OH is 1. The summed E-state index contributed by atoms with van der Waals surface area (Å²) in [5.74, 6) is 0. The highest BCUT2D eigenvalue weighted by Gasteiger charge is 2.12. The molecule has 3 N–H and O–H groups in total. The van der Waals surface area contributed by atoms with E-state index in [2.05, 4.69) is 29.7 Å². The molecule has 0 fully saturated rings. The van der Waals surface area contributed by atoms with Gasteiger partial charge in [0.2, 0.25) is 0 Å². The van der Waals surface area contributed by atoms with E-state index in [9.17, 15) is 0 Å². The van der Waals surface area contributed by atoms with Crippen molar-refractivity contribution < 1.29 is 5.11 Å². The molecule has 1 unspecified atom stereocenters. The molecule has 2 rings (SSSR count). The zero-order valence-electron chi connectivity index (χ0n) is 9.77. The molecule has 2 aromatic rings. The fraction of sp³-hybridized carbons (Fsp3) is 0.385. The summed E-state index contributed by atoms with van der Waals surface area (Å²) in [6.45, 7) is 2.12. The normalized spacial score (nSPS) is 13.2. The van der Waals surface area contributed by atoms with Crippen LogP contribution >= 0.6 is 0 Å². The van der Waals surface area contributed by atoms with Gasteiger partial charge in [-0.05, 0) is 29.7 Å². The molecule has 0 spiro atoms. The SMILES string of the molecule is CCc1ccc2c(c1)c(C(N)CO)cn2C. The molecule has 0 amide bonds. The monoisotopic (exact) mass is 218 g/mol. The number of aryl methyl sites for hydroxylation is 2. The van der Waals surface area contributed by atoms with Gasteiger partial charge in [-0.1, -0.05) is 13.0 Å². The van der Waals surface area contributed by atoms with E-state index in [1.165, 1.54) is 5.56 Å². The number of hydrogen-bond acceptors (Lipinski definition) is 2. The molecule has 0 saturated heterocycles. The summed E-state index contributed by atoms with van der Waals surface area (Å²) in [5, 5.41) is 10.3. The van der Waals surface area contributed by atoms with E-state index < -0.39 is 0 Å². The Morgan fingerprint density at radius 1 is 1.44 bits per heavy atom. The van der Waals surface area contributed by atoms with Crippen LogP contribution in [-0.2, 0) is 13.5 Å². The van der Waals surface area contributed by atoms with Crippen molar-refractivity contribution in [1.29, 1.82) is 0 Å². The fourth-order valence-electron chi connectivity index (χ4n) is 2.08. The molecule has 0 bridgehead atoms. The number of hydrogen-bond donors (Lipinski definition) is 2. The lowest BCUT2D eigenvalue weighted by Crippen LogP contribution is -2.13. The molecule has 1 atom stereocenters. The molecule has 16 heavy (non-hydrogen) atoms. The van der Waals surface area contributed by atoms with Gasteiger partial charge in [0, 0.05) is 24.1 Å². The van der Waals surface area contributed by atoms with Crippen molar-refractivity contribution in [2.45, 2.75) is 19.4 Å². The van der Waals surface area contributed by atoms with Crippen molar-refractivity contribution in [2.24, 2.45) is 12.8 Å². The Morgan fingerprint density at radius 3 is 2.81 bits per heavy atom. The quantitative estimate of drug-likeness (QED) is 0.824. The van der Waals surface area contributed by atoms with Crippen LogP contribution in [0.2, 0.25) is 0 Å². The second kappa shape index (κ2) is 4.28. The predicted octanol–water partition coefficient (Wildman–Crippen LogP) is 1.73. The average molecular weight is 218 g/mol. The third-order valence-corrected chi connectivity index (χ3v) is 3.09. The van der Waals surface area contributed by atoms with Gasteiger partial charge in [0.25, 0.3) is 0 Å². The predicted molar refractivity (Wildman–Crippen MR) is 66.3 cm³/mol. The molecule has 1 heterocycles. The Labute approximate surface area is 95.5 Å². The Morgan fingerprint density at radius 2 is 2.19 bits per heavy atom. The molecule has 0 aliphatic carbocycles. The van der Waals surface area contributed by atoms with Crippen LogP contribution in [0.15, 0.2) is 24.4 Å². The summed E-state index contributed by atoms with van der Waals surface area (Å²) in [7, 11) is 2.00. The second-order valence-corrected chi connectivity index (χ2v) is 4.19. The molecule has 0 radical (unpaired) electrons. The van der Waals surface area contributed by atoms with Crippen molar-refractivity contribution in [3.8, 4) is 0 Å². The van der Waals surface area contributed by atoms with Gasteiger partial charge in [0.15, 0.2) is 0 Å². The lowest BCUT2D eigenvalue weighted by Gasteiger charge is -2.06.